The van der Waals surface area contributed by atoms with Gasteiger partial charge in [0.25, 0.3) is 0 Å². The van der Waals surface area contributed by atoms with Gasteiger partial charge in [-0.1, -0.05) is 49.2 Å². The second-order valence-electron chi connectivity index (χ2n) is 4.89. The summed E-state index contributed by atoms with van der Waals surface area (Å²) in [6.45, 7) is 0. The summed E-state index contributed by atoms with van der Waals surface area (Å²) >= 11 is 2.93. The summed E-state index contributed by atoms with van der Waals surface area (Å²) in [7, 11) is 0. The summed E-state index contributed by atoms with van der Waals surface area (Å²) in [5.41, 5.74) is 10.7. The molecule has 0 saturated heterocycles. The fourth-order valence-corrected chi connectivity index (χ4v) is 3.82. The van der Waals surface area contributed by atoms with E-state index in [1.165, 1.54) is 62.0 Å². The average molecular weight is 288 g/mol. The highest BCUT2D eigenvalue weighted by Crippen LogP contribution is 2.33. The largest absolute Gasteiger partial charge is 0.379 e. The lowest BCUT2D eigenvalue weighted by atomic mass is 9.80. The van der Waals surface area contributed by atoms with Crippen LogP contribution in [0.15, 0.2) is 0 Å². The van der Waals surface area contributed by atoms with E-state index in [1.54, 1.807) is 0 Å². The first-order valence-corrected chi connectivity index (χ1v) is 8.48. The summed E-state index contributed by atoms with van der Waals surface area (Å²) in [5.74, 6) is 3.64. The van der Waals surface area contributed by atoms with Gasteiger partial charge >= 0.3 is 0 Å². The molecule has 1 saturated carbocycles. The highest BCUT2D eigenvalue weighted by Gasteiger charge is 2.20. The Morgan fingerprint density at radius 1 is 0.833 bits per heavy atom. The molecule has 1 aliphatic carbocycles. The Morgan fingerprint density at radius 2 is 1.17 bits per heavy atom. The Labute approximate surface area is 118 Å². The van der Waals surface area contributed by atoms with Gasteiger partial charge < -0.3 is 11.5 Å². The molecule has 0 heterocycles. The van der Waals surface area contributed by atoms with Crippen molar-refractivity contribution in [3.63, 3.8) is 0 Å². The first kappa shape index (κ1) is 15.7. The fraction of sp³-hybridized carbons (Fsp3) is 0.833. The quantitative estimate of drug-likeness (QED) is 0.446. The molecular formula is C12H24N4S2. The van der Waals surface area contributed by atoms with Crippen LogP contribution in [-0.4, -0.2) is 21.8 Å². The molecule has 0 amide bonds. The number of rotatable bonds is 6. The van der Waals surface area contributed by atoms with Crippen molar-refractivity contribution in [3.8, 4) is 0 Å². The topological polar surface area (TPSA) is 99.7 Å². The van der Waals surface area contributed by atoms with Crippen LogP contribution in [-0.2, 0) is 0 Å². The van der Waals surface area contributed by atoms with Crippen molar-refractivity contribution >= 4 is 33.9 Å². The molecule has 1 rings (SSSR count). The predicted octanol–water partition coefficient (Wildman–Crippen LogP) is 2.83. The number of hydrogen-bond acceptors (Lipinski definition) is 4. The first-order valence-electron chi connectivity index (χ1n) is 6.51. The molecule has 0 spiro atoms. The molecule has 0 radical (unpaired) electrons. The van der Waals surface area contributed by atoms with Crippen molar-refractivity contribution in [2.24, 2.45) is 23.3 Å². The Hall–Kier alpha value is -0.360. The summed E-state index contributed by atoms with van der Waals surface area (Å²) < 4.78 is 0. The maximum atomic E-state index is 7.17. The SMILES string of the molecule is N=C(N)SCC[C@H]1CC[C@H](CCSC(=N)N)CC1. The average Bonchev–Trinajstić information content (AvgIpc) is 2.30. The number of nitrogens with two attached hydrogens (primary N) is 2. The second kappa shape index (κ2) is 8.69. The molecule has 0 atom stereocenters. The second-order valence-corrected chi connectivity index (χ2v) is 7.16. The third kappa shape index (κ3) is 7.16. The minimum absolute atomic E-state index is 0.241. The summed E-state index contributed by atoms with van der Waals surface area (Å²) in [6.07, 6.45) is 7.64. The zero-order chi connectivity index (χ0) is 13.4. The van der Waals surface area contributed by atoms with E-state index in [2.05, 4.69) is 0 Å². The molecule has 0 aromatic carbocycles. The minimum Gasteiger partial charge on any atom is -0.379 e. The molecule has 6 N–H and O–H groups in total. The van der Waals surface area contributed by atoms with Crippen LogP contribution >= 0.6 is 23.5 Å². The monoisotopic (exact) mass is 288 g/mol. The molecule has 0 aliphatic heterocycles. The zero-order valence-corrected chi connectivity index (χ0v) is 12.4. The van der Waals surface area contributed by atoms with E-state index < -0.39 is 0 Å². The summed E-state index contributed by atoms with van der Waals surface area (Å²) in [4.78, 5) is 0. The molecule has 1 aliphatic rings. The van der Waals surface area contributed by atoms with E-state index >= 15 is 0 Å². The normalized spacial score (nSPS) is 23.8. The minimum atomic E-state index is 0.241. The fourth-order valence-electron chi connectivity index (χ4n) is 2.48. The Kier molecular flexibility index (Phi) is 7.58. The number of thioether (sulfide) groups is 2. The van der Waals surface area contributed by atoms with Crippen LogP contribution in [0.5, 0.6) is 0 Å². The molecule has 0 unspecified atom stereocenters. The van der Waals surface area contributed by atoms with E-state index in [1.807, 2.05) is 0 Å². The highest BCUT2D eigenvalue weighted by molar-refractivity contribution is 8.13. The van der Waals surface area contributed by atoms with Crippen molar-refractivity contribution in [3.05, 3.63) is 0 Å². The molecule has 4 nitrogen and oxygen atoms in total. The standard InChI is InChI=1S/C12H24N4S2/c13-11(14)17-7-5-9-1-2-10(4-3-9)6-8-18-12(15)16/h9-10H,1-8H2,(H3,13,14)(H3,15,16)/t9-,10-. The molecule has 104 valence electrons. The molecule has 6 heteroatoms. The van der Waals surface area contributed by atoms with Crippen LogP contribution in [0.1, 0.15) is 38.5 Å². The van der Waals surface area contributed by atoms with Crippen LogP contribution in [0, 0.1) is 22.7 Å². The van der Waals surface area contributed by atoms with Crippen molar-refractivity contribution in [2.75, 3.05) is 11.5 Å². The number of nitrogens with one attached hydrogen (secondary N) is 2. The van der Waals surface area contributed by atoms with Gasteiger partial charge in [0.05, 0.1) is 0 Å². The maximum Gasteiger partial charge on any atom is 0.151 e. The van der Waals surface area contributed by atoms with E-state index in [0.717, 1.165) is 23.3 Å². The van der Waals surface area contributed by atoms with Crippen molar-refractivity contribution in [2.45, 2.75) is 38.5 Å². The highest BCUT2D eigenvalue weighted by atomic mass is 32.2. The lowest BCUT2D eigenvalue weighted by Gasteiger charge is -2.28. The van der Waals surface area contributed by atoms with Crippen LogP contribution < -0.4 is 11.5 Å². The molecule has 0 aromatic heterocycles. The Bertz CT molecular complexity index is 247. The van der Waals surface area contributed by atoms with Crippen LogP contribution in [0.4, 0.5) is 0 Å². The molecule has 0 aromatic rings. The first-order chi connectivity index (χ1) is 8.58. The van der Waals surface area contributed by atoms with Gasteiger partial charge in [0.2, 0.25) is 0 Å². The van der Waals surface area contributed by atoms with Gasteiger partial charge in [-0.3, -0.25) is 10.8 Å². The smallest absolute Gasteiger partial charge is 0.151 e. The lowest BCUT2D eigenvalue weighted by molar-refractivity contribution is 0.266. The van der Waals surface area contributed by atoms with E-state index in [-0.39, 0.29) is 10.3 Å². The van der Waals surface area contributed by atoms with Crippen LogP contribution in [0.2, 0.25) is 0 Å². The van der Waals surface area contributed by atoms with Gasteiger partial charge in [-0.2, -0.15) is 0 Å². The lowest BCUT2D eigenvalue weighted by Crippen LogP contribution is -2.17. The van der Waals surface area contributed by atoms with Gasteiger partial charge in [-0.25, -0.2) is 0 Å². The van der Waals surface area contributed by atoms with E-state index in [0.29, 0.717) is 0 Å². The van der Waals surface area contributed by atoms with Crippen molar-refractivity contribution < 1.29 is 0 Å². The van der Waals surface area contributed by atoms with Crippen molar-refractivity contribution in [1.82, 2.24) is 0 Å². The number of amidine groups is 2. The van der Waals surface area contributed by atoms with E-state index in [9.17, 15) is 0 Å². The third-order valence-electron chi connectivity index (χ3n) is 3.53. The third-order valence-corrected chi connectivity index (χ3v) is 5.04. The molecule has 1 fully saturated rings. The summed E-state index contributed by atoms with van der Waals surface area (Å²) in [6, 6.07) is 0. The number of hydrogen-bond donors (Lipinski definition) is 4. The van der Waals surface area contributed by atoms with Gasteiger partial charge in [-0.15, -0.1) is 0 Å². The maximum absolute atomic E-state index is 7.17. The van der Waals surface area contributed by atoms with E-state index in [4.69, 9.17) is 22.3 Å². The molecule has 18 heavy (non-hydrogen) atoms. The Balaban J connectivity index is 2.05. The van der Waals surface area contributed by atoms with Gasteiger partial charge in [0, 0.05) is 11.5 Å². The van der Waals surface area contributed by atoms with Crippen LogP contribution in [0.25, 0.3) is 0 Å². The Morgan fingerprint density at radius 3 is 1.44 bits per heavy atom. The van der Waals surface area contributed by atoms with Crippen molar-refractivity contribution in [1.29, 1.82) is 10.8 Å². The summed E-state index contributed by atoms with van der Waals surface area (Å²) in [5, 5.41) is 14.8. The molecule has 0 bridgehead atoms. The predicted molar refractivity (Wildman–Crippen MR) is 83.4 cm³/mol. The van der Waals surface area contributed by atoms with Crippen LogP contribution in [0.3, 0.4) is 0 Å². The van der Waals surface area contributed by atoms with Gasteiger partial charge in [0.1, 0.15) is 0 Å². The van der Waals surface area contributed by atoms with Gasteiger partial charge in [-0.05, 0) is 24.7 Å². The zero-order valence-electron chi connectivity index (χ0n) is 10.8. The van der Waals surface area contributed by atoms with Gasteiger partial charge in [0.15, 0.2) is 10.3 Å². The molecular weight excluding hydrogens is 264 g/mol.